The van der Waals surface area contributed by atoms with Gasteiger partial charge in [-0.3, -0.25) is 0 Å². The van der Waals surface area contributed by atoms with Crippen LogP contribution in [0.2, 0.25) is 0 Å². The first-order chi connectivity index (χ1) is 8.04. The highest BCUT2D eigenvalue weighted by atomic mass is 16.5. The highest BCUT2D eigenvalue weighted by molar-refractivity contribution is 4.82. The third-order valence-electron chi connectivity index (χ3n) is 3.75. The summed E-state index contributed by atoms with van der Waals surface area (Å²) in [7, 11) is 0. The first-order valence-corrected chi connectivity index (χ1v) is 7.03. The Morgan fingerprint density at radius 1 is 1.29 bits per heavy atom. The first kappa shape index (κ1) is 14.9. The molecule has 1 heterocycles. The minimum absolute atomic E-state index is 0.271. The monoisotopic (exact) mass is 243 g/mol. The number of ether oxygens (including phenoxy) is 1. The van der Waals surface area contributed by atoms with Crippen molar-refractivity contribution >= 4 is 0 Å². The summed E-state index contributed by atoms with van der Waals surface area (Å²) in [6.45, 7) is 10.0. The maximum absolute atomic E-state index is 9.09. The maximum Gasteiger partial charge on any atom is 0.0612 e. The van der Waals surface area contributed by atoms with Crippen LogP contribution in [0, 0.1) is 11.8 Å². The number of nitrogens with one attached hydrogen (secondary N) is 1. The van der Waals surface area contributed by atoms with Crippen LogP contribution in [-0.4, -0.2) is 36.5 Å². The maximum atomic E-state index is 9.09. The molecule has 1 rings (SSSR count). The minimum atomic E-state index is 0.271. The number of rotatable bonds is 6. The number of hydrogen-bond donors (Lipinski definition) is 2. The van der Waals surface area contributed by atoms with Crippen LogP contribution in [0.15, 0.2) is 0 Å². The molecule has 1 aliphatic rings. The van der Waals surface area contributed by atoms with E-state index in [0.717, 1.165) is 25.9 Å². The predicted octanol–water partition coefficient (Wildman–Crippen LogP) is 2.19. The highest BCUT2D eigenvalue weighted by Crippen LogP contribution is 2.21. The van der Waals surface area contributed by atoms with Gasteiger partial charge in [-0.25, -0.2) is 0 Å². The molecule has 0 aromatic heterocycles. The molecule has 3 heteroatoms. The van der Waals surface area contributed by atoms with E-state index in [4.69, 9.17) is 9.84 Å². The molecule has 3 unspecified atom stereocenters. The molecule has 2 N–H and O–H groups in total. The van der Waals surface area contributed by atoms with Gasteiger partial charge in [-0.05, 0) is 31.1 Å². The molecule has 1 fully saturated rings. The average Bonchev–Trinajstić information content (AvgIpc) is 2.28. The van der Waals surface area contributed by atoms with Crippen molar-refractivity contribution in [2.75, 3.05) is 13.2 Å². The van der Waals surface area contributed by atoms with Crippen molar-refractivity contribution in [1.82, 2.24) is 5.32 Å². The Morgan fingerprint density at radius 3 is 2.53 bits per heavy atom. The van der Waals surface area contributed by atoms with Gasteiger partial charge in [-0.2, -0.15) is 0 Å². The van der Waals surface area contributed by atoms with E-state index in [0.29, 0.717) is 30.0 Å². The Hall–Kier alpha value is -0.120. The second-order valence-electron chi connectivity index (χ2n) is 5.90. The van der Waals surface area contributed by atoms with Gasteiger partial charge in [0, 0.05) is 25.3 Å². The summed E-state index contributed by atoms with van der Waals surface area (Å²) in [6, 6.07) is 0.978. The molecule has 0 aromatic carbocycles. The Labute approximate surface area is 106 Å². The molecule has 3 atom stereocenters. The molecule has 0 spiro atoms. The van der Waals surface area contributed by atoms with E-state index in [9.17, 15) is 0 Å². The molecular weight excluding hydrogens is 214 g/mol. The van der Waals surface area contributed by atoms with Gasteiger partial charge in [0.25, 0.3) is 0 Å². The van der Waals surface area contributed by atoms with E-state index >= 15 is 0 Å². The first-order valence-electron chi connectivity index (χ1n) is 7.03. The summed E-state index contributed by atoms with van der Waals surface area (Å²) in [6.07, 6.45) is 3.44. The second kappa shape index (κ2) is 7.34. The fourth-order valence-electron chi connectivity index (χ4n) is 2.49. The molecule has 0 saturated carbocycles. The lowest BCUT2D eigenvalue weighted by Crippen LogP contribution is -2.47. The Bertz CT molecular complexity index is 206. The van der Waals surface area contributed by atoms with Crippen molar-refractivity contribution in [3.05, 3.63) is 0 Å². The van der Waals surface area contributed by atoms with E-state index in [-0.39, 0.29) is 6.61 Å². The van der Waals surface area contributed by atoms with Gasteiger partial charge in [0.05, 0.1) is 6.10 Å². The van der Waals surface area contributed by atoms with Gasteiger partial charge in [-0.15, -0.1) is 0 Å². The average molecular weight is 243 g/mol. The van der Waals surface area contributed by atoms with Crippen LogP contribution in [0.5, 0.6) is 0 Å². The molecule has 0 aromatic rings. The molecule has 17 heavy (non-hydrogen) atoms. The number of hydrogen-bond acceptors (Lipinski definition) is 3. The summed E-state index contributed by atoms with van der Waals surface area (Å²) < 4.78 is 5.78. The Morgan fingerprint density at radius 2 is 2.00 bits per heavy atom. The largest absolute Gasteiger partial charge is 0.396 e. The highest BCUT2D eigenvalue weighted by Gasteiger charge is 2.26. The zero-order valence-corrected chi connectivity index (χ0v) is 11.8. The summed E-state index contributed by atoms with van der Waals surface area (Å²) in [5, 5.41) is 12.8. The van der Waals surface area contributed by atoms with Crippen molar-refractivity contribution in [1.29, 1.82) is 0 Å². The molecule has 0 radical (unpaired) electrons. The molecule has 102 valence electrons. The smallest absolute Gasteiger partial charge is 0.0612 e. The predicted molar refractivity (Wildman–Crippen MR) is 71.1 cm³/mol. The van der Waals surface area contributed by atoms with Crippen LogP contribution in [0.4, 0.5) is 0 Å². The van der Waals surface area contributed by atoms with E-state index in [1.54, 1.807) is 0 Å². The zero-order chi connectivity index (χ0) is 12.8. The van der Waals surface area contributed by atoms with Gasteiger partial charge in [-0.1, -0.05) is 27.7 Å². The number of aliphatic hydroxyl groups excluding tert-OH is 1. The SMILES string of the molecule is CC(C)C(CCO)NC1CCOC(C(C)C)C1. The van der Waals surface area contributed by atoms with Gasteiger partial charge < -0.3 is 15.2 Å². The van der Waals surface area contributed by atoms with Crippen LogP contribution in [0.3, 0.4) is 0 Å². The van der Waals surface area contributed by atoms with Gasteiger partial charge in [0.15, 0.2) is 0 Å². The molecule has 1 aliphatic heterocycles. The lowest BCUT2D eigenvalue weighted by atomic mass is 9.93. The summed E-state index contributed by atoms with van der Waals surface area (Å²) in [5.74, 6) is 1.16. The van der Waals surface area contributed by atoms with Crippen molar-refractivity contribution < 1.29 is 9.84 Å². The van der Waals surface area contributed by atoms with Crippen LogP contribution in [0.25, 0.3) is 0 Å². The fourth-order valence-corrected chi connectivity index (χ4v) is 2.49. The van der Waals surface area contributed by atoms with Crippen molar-refractivity contribution in [3.8, 4) is 0 Å². The van der Waals surface area contributed by atoms with Crippen LogP contribution >= 0.6 is 0 Å². The lowest BCUT2D eigenvalue weighted by molar-refractivity contribution is -0.0271. The summed E-state index contributed by atoms with van der Waals surface area (Å²) in [4.78, 5) is 0. The van der Waals surface area contributed by atoms with Crippen molar-refractivity contribution in [3.63, 3.8) is 0 Å². The zero-order valence-electron chi connectivity index (χ0n) is 11.8. The summed E-state index contributed by atoms with van der Waals surface area (Å²) in [5.41, 5.74) is 0. The molecule has 3 nitrogen and oxygen atoms in total. The van der Waals surface area contributed by atoms with Gasteiger partial charge in [0.1, 0.15) is 0 Å². The molecule has 0 aliphatic carbocycles. The standard InChI is InChI=1S/C14H29NO2/c1-10(2)13(5-7-16)15-12-6-8-17-14(9-12)11(3)4/h10-16H,5-9H2,1-4H3. The topological polar surface area (TPSA) is 41.5 Å². The van der Waals surface area contributed by atoms with Crippen LogP contribution in [0.1, 0.15) is 47.0 Å². The van der Waals surface area contributed by atoms with Gasteiger partial charge >= 0.3 is 0 Å². The van der Waals surface area contributed by atoms with Crippen molar-refractivity contribution in [2.45, 2.75) is 65.1 Å². The molecule has 0 bridgehead atoms. The van der Waals surface area contributed by atoms with Crippen LogP contribution in [-0.2, 0) is 4.74 Å². The Kier molecular flexibility index (Phi) is 6.45. The summed E-state index contributed by atoms with van der Waals surface area (Å²) >= 11 is 0. The second-order valence-corrected chi connectivity index (χ2v) is 5.90. The molecular formula is C14H29NO2. The normalized spacial score (nSPS) is 27.7. The fraction of sp³-hybridized carbons (Fsp3) is 1.00. The van der Waals surface area contributed by atoms with Gasteiger partial charge in [0.2, 0.25) is 0 Å². The molecule has 0 amide bonds. The van der Waals surface area contributed by atoms with E-state index in [1.807, 2.05) is 0 Å². The quantitative estimate of drug-likeness (QED) is 0.751. The minimum Gasteiger partial charge on any atom is -0.396 e. The molecule has 1 saturated heterocycles. The Balaban J connectivity index is 2.43. The van der Waals surface area contributed by atoms with Crippen LogP contribution < -0.4 is 5.32 Å². The third-order valence-corrected chi connectivity index (χ3v) is 3.75. The van der Waals surface area contributed by atoms with E-state index < -0.39 is 0 Å². The number of aliphatic hydroxyl groups is 1. The van der Waals surface area contributed by atoms with Crippen molar-refractivity contribution in [2.24, 2.45) is 11.8 Å². The van der Waals surface area contributed by atoms with E-state index in [1.165, 1.54) is 0 Å². The van der Waals surface area contributed by atoms with E-state index in [2.05, 4.69) is 33.0 Å². The third kappa shape index (κ3) is 4.94. The lowest BCUT2D eigenvalue weighted by Gasteiger charge is -2.35.